The number of benzene rings is 1. The van der Waals surface area contributed by atoms with Crippen LogP contribution in [-0.4, -0.2) is 12.5 Å². The van der Waals surface area contributed by atoms with Gasteiger partial charge in [-0.1, -0.05) is 32.3 Å². The van der Waals surface area contributed by atoms with E-state index in [1.165, 1.54) is 32.1 Å². The van der Waals surface area contributed by atoms with Crippen molar-refractivity contribution in [3.63, 3.8) is 0 Å². The number of carbonyl (C=O) groups is 1. The Labute approximate surface area is 109 Å². The fourth-order valence-corrected chi connectivity index (χ4v) is 2.66. The van der Waals surface area contributed by atoms with E-state index in [-0.39, 0.29) is 11.3 Å². The molecule has 3 heteroatoms. The molecule has 3 N–H and O–H groups in total. The van der Waals surface area contributed by atoms with Gasteiger partial charge in [0.2, 0.25) is 0 Å². The number of nitrogen functional groups attached to an aromatic ring is 1. The van der Waals surface area contributed by atoms with E-state index in [0.29, 0.717) is 11.3 Å². The van der Waals surface area contributed by atoms with Gasteiger partial charge in [0.25, 0.3) is 5.91 Å². The van der Waals surface area contributed by atoms with Gasteiger partial charge in [-0.25, -0.2) is 0 Å². The molecule has 0 atom stereocenters. The Morgan fingerprint density at radius 3 is 2.72 bits per heavy atom. The standard InChI is InChI=1S/C15H22N2O/c1-15(8-3-2-4-9-15)11-17-14(18)12-6-5-7-13(16)10-12/h5-7,10H,2-4,8-9,11,16H2,1H3,(H,17,18). The third-order valence-electron chi connectivity index (χ3n) is 3.89. The number of nitrogens with one attached hydrogen (secondary N) is 1. The second-order valence-corrected chi connectivity index (χ2v) is 5.68. The van der Waals surface area contributed by atoms with E-state index in [1.807, 2.05) is 6.07 Å². The van der Waals surface area contributed by atoms with Gasteiger partial charge in [0.15, 0.2) is 0 Å². The minimum atomic E-state index is -0.0194. The molecule has 0 aromatic heterocycles. The van der Waals surface area contributed by atoms with Gasteiger partial charge in [-0.05, 0) is 36.5 Å². The molecule has 18 heavy (non-hydrogen) atoms. The van der Waals surface area contributed by atoms with Crippen LogP contribution in [0.4, 0.5) is 5.69 Å². The third kappa shape index (κ3) is 3.25. The lowest BCUT2D eigenvalue weighted by atomic mass is 9.76. The molecule has 2 rings (SSSR count). The summed E-state index contributed by atoms with van der Waals surface area (Å²) in [6, 6.07) is 7.12. The smallest absolute Gasteiger partial charge is 0.251 e. The Hall–Kier alpha value is -1.51. The van der Waals surface area contributed by atoms with Crippen LogP contribution < -0.4 is 11.1 Å². The van der Waals surface area contributed by atoms with E-state index in [1.54, 1.807) is 18.2 Å². The van der Waals surface area contributed by atoms with Crippen LogP contribution in [0.1, 0.15) is 49.4 Å². The predicted molar refractivity (Wildman–Crippen MR) is 74.4 cm³/mol. The maximum Gasteiger partial charge on any atom is 0.251 e. The molecule has 3 nitrogen and oxygen atoms in total. The van der Waals surface area contributed by atoms with Crippen LogP contribution in [0.3, 0.4) is 0 Å². The largest absolute Gasteiger partial charge is 0.399 e. The predicted octanol–water partition coefficient (Wildman–Crippen LogP) is 2.97. The van der Waals surface area contributed by atoms with Crippen molar-refractivity contribution in [3.8, 4) is 0 Å². The first kappa shape index (κ1) is 12.9. The molecule has 1 aromatic carbocycles. The van der Waals surface area contributed by atoms with Crippen LogP contribution in [0, 0.1) is 5.41 Å². The van der Waals surface area contributed by atoms with Gasteiger partial charge >= 0.3 is 0 Å². The van der Waals surface area contributed by atoms with Crippen LogP contribution in [0.5, 0.6) is 0 Å². The second kappa shape index (κ2) is 5.42. The summed E-state index contributed by atoms with van der Waals surface area (Å²) in [4.78, 5) is 12.0. The average Bonchev–Trinajstić information content (AvgIpc) is 2.37. The summed E-state index contributed by atoms with van der Waals surface area (Å²) in [7, 11) is 0. The van der Waals surface area contributed by atoms with Crippen molar-refractivity contribution in [1.82, 2.24) is 5.32 Å². The molecule has 1 amide bonds. The van der Waals surface area contributed by atoms with Gasteiger partial charge in [-0.15, -0.1) is 0 Å². The Morgan fingerprint density at radius 1 is 1.33 bits per heavy atom. The molecule has 0 bridgehead atoms. The first-order chi connectivity index (χ1) is 8.59. The summed E-state index contributed by atoms with van der Waals surface area (Å²) in [5.74, 6) is -0.0194. The van der Waals surface area contributed by atoms with E-state index < -0.39 is 0 Å². The van der Waals surface area contributed by atoms with Crippen LogP contribution >= 0.6 is 0 Å². The SMILES string of the molecule is CC1(CNC(=O)c2cccc(N)c2)CCCCC1. The van der Waals surface area contributed by atoms with Gasteiger partial charge in [-0.3, -0.25) is 4.79 Å². The maximum atomic E-state index is 12.0. The lowest BCUT2D eigenvalue weighted by Gasteiger charge is -2.33. The van der Waals surface area contributed by atoms with Gasteiger partial charge in [0.05, 0.1) is 0 Å². The van der Waals surface area contributed by atoms with Crippen LogP contribution in [0.2, 0.25) is 0 Å². The Bertz CT molecular complexity index is 422. The van der Waals surface area contributed by atoms with Gasteiger partial charge in [0.1, 0.15) is 0 Å². The molecule has 0 unspecified atom stereocenters. The molecule has 1 aliphatic rings. The molecule has 98 valence electrons. The number of rotatable bonds is 3. The first-order valence-corrected chi connectivity index (χ1v) is 6.73. The van der Waals surface area contributed by atoms with Gasteiger partial charge in [-0.2, -0.15) is 0 Å². The molecular weight excluding hydrogens is 224 g/mol. The fraction of sp³-hybridized carbons (Fsp3) is 0.533. The summed E-state index contributed by atoms with van der Waals surface area (Å²) < 4.78 is 0. The van der Waals surface area contributed by atoms with Crippen LogP contribution in [0.15, 0.2) is 24.3 Å². The van der Waals surface area contributed by atoms with Crippen molar-refractivity contribution in [2.75, 3.05) is 12.3 Å². The zero-order valence-corrected chi connectivity index (χ0v) is 11.0. The van der Waals surface area contributed by atoms with E-state index in [4.69, 9.17) is 5.73 Å². The Morgan fingerprint density at radius 2 is 2.06 bits per heavy atom. The summed E-state index contributed by atoms with van der Waals surface area (Å²) in [5, 5.41) is 3.04. The number of hydrogen-bond donors (Lipinski definition) is 2. The lowest BCUT2D eigenvalue weighted by molar-refractivity contribution is 0.0919. The van der Waals surface area contributed by atoms with E-state index in [2.05, 4.69) is 12.2 Å². The molecular formula is C15H22N2O. The normalized spacial score (nSPS) is 18.3. The number of carbonyl (C=O) groups excluding carboxylic acids is 1. The molecule has 0 heterocycles. The molecule has 0 saturated heterocycles. The van der Waals surface area contributed by atoms with Crippen molar-refractivity contribution in [2.24, 2.45) is 5.41 Å². The average molecular weight is 246 g/mol. The van der Waals surface area contributed by atoms with Crippen molar-refractivity contribution < 1.29 is 4.79 Å². The highest BCUT2D eigenvalue weighted by atomic mass is 16.1. The number of hydrogen-bond acceptors (Lipinski definition) is 2. The molecule has 1 aliphatic carbocycles. The molecule has 0 radical (unpaired) electrons. The number of amides is 1. The lowest BCUT2D eigenvalue weighted by Crippen LogP contribution is -2.37. The molecule has 1 saturated carbocycles. The number of anilines is 1. The van der Waals surface area contributed by atoms with E-state index in [0.717, 1.165) is 6.54 Å². The summed E-state index contributed by atoms with van der Waals surface area (Å²) in [5.41, 5.74) is 7.23. The quantitative estimate of drug-likeness (QED) is 0.806. The number of nitrogens with two attached hydrogens (primary N) is 1. The first-order valence-electron chi connectivity index (χ1n) is 6.73. The Balaban J connectivity index is 1.92. The summed E-state index contributed by atoms with van der Waals surface area (Å²) in [6.45, 7) is 3.03. The maximum absolute atomic E-state index is 12.0. The highest BCUT2D eigenvalue weighted by molar-refractivity contribution is 5.94. The summed E-state index contributed by atoms with van der Waals surface area (Å²) in [6.07, 6.45) is 6.32. The minimum absolute atomic E-state index is 0.0194. The second-order valence-electron chi connectivity index (χ2n) is 5.68. The monoisotopic (exact) mass is 246 g/mol. The summed E-state index contributed by atoms with van der Waals surface area (Å²) >= 11 is 0. The fourth-order valence-electron chi connectivity index (χ4n) is 2.66. The van der Waals surface area contributed by atoms with Crippen molar-refractivity contribution in [2.45, 2.75) is 39.0 Å². The third-order valence-corrected chi connectivity index (χ3v) is 3.89. The van der Waals surface area contributed by atoms with E-state index >= 15 is 0 Å². The van der Waals surface area contributed by atoms with Gasteiger partial charge < -0.3 is 11.1 Å². The highest BCUT2D eigenvalue weighted by Gasteiger charge is 2.27. The van der Waals surface area contributed by atoms with E-state index in [9.17, 15) is 4.79 Å². The van der Waals surface area contributed by atoms with Crippen molar-refractivity contribution in [1.29, 1.82) is 0 Å². The highest BCUT2D eigenvalue weighted by Crippen LogP contribution is 2.34. The van der Waals surface area contributed by atoms with Crippen LogP contribution in [-0.2, 0) is 0 Å². The molecule has 0 aliphatic heterocycles. The van der Waals surface area contributed by atoms with Crippen molar-refractivity contribution >= 4 is 11.6 Å². The van der Waals surface area contributed by atoms with Crippen LogP contribution in [0.25, 0.3) is 0 Å². The van der Waals surface area contributed by atoms with Crippen molar-refractivity contribution in [3.05, 3.63) is 29.8 Å². The zero-order valence-electron chi connectivity index (χ0n) is 11.0. The molecule has 1 aromatic rings. The van der Waals surface area contributed by atoms with Gasteiger partial charge in [0, 0.05) is 17.8 Å². The Kier molecular flexibility index (Phi) is 3.90. The minimum Gasteiger partial charge on any atom is -0.399 e. The topological polar surface area (TPSA) is 55.1 Å². The molecule has 1 fully saturated rings. The zero-order chi connectivity index (χ0) is 13.0. The molecule has 0 spiro atoms.